The Morgan fingerprint density at radius 2 is 1.35 bits per heavy atom. The van der Waals surface area contributed by atoms with Crippen LogP contribution in [0.4, 0.5) is 26.3 Å². The summed E-state index contributed by atoms with van der Waals surface area (Å²) < 4.78 is 94.0. The van der Waals surface area contributed by atoms with Crippen LogP contribution in [0, 0.1) is 0 Å². The highest BCUT2D eigenvalue weighted by Crippen LogP contribution is 2.51. The van der Waals surface area contributed by atoms with Crippen LogP contribution < -0.4 is 0 Å². The van der Waals surface area contributed by atoms with Crippen LogP contribution in [0.15, 0.2) is 0 Å². The van der Waals surface area contributed by atoms with Gasteiger partial charge in [-0.2, -0.15) is 26.3 Å². The van der Waals surface area contributed by atoms with Crippen LogP contribution in [-0.4, -0.2) is 44.7 Å². The van der Waals surface area contributed by atoms with E-state index in [1.165, 1.54) is 6.92 Å². The molecule has 0 rings (SSSR count). The van der Waals surface area contributed by atoms with E-state index in [1.54, 1.807) is 0 Å². The normalized spacial score (nSPS) is 13.7. The van der Waals surface area contributed by atoms with Gasteiger partial charge in [0, 0.05) is 20.4 Å². The molecule has 5 nitrogen and oxygen atoms in total. The maximum Gasteiger partial charge on any atom is 0.542 e. The van der Waals surface area contributed by atoms with Crippen molar-refractivity contribution in [2.45, 2.75) is 51.3 Å². The minimum atomic E-state index is -6.08. The molecule has 0 atom stereocenters. The number of carbonyl (C=O) groups is 2. The van der Waals surface area contributed by atoms with E-state index in [2.05, 4.69) is 13.6 Å². The number of carbonyl (C=O) groups excluding carboxylic acids is 2. The highest BCUT2D eigenvalue weighted by molar-refractivity contribution is 6.71. The summed E-state index contributed by atoms with van der Waals surface area (Å²) in [5.74, 6) is -9.07. The molecule has 0 aliphatic carbocycles. The topological polar surface area (TPSA) is 61.8 Å². The van der Waals surface area contributed by atoms with Crippen LogP contribution in [0.5, 0.6) is 0 Å². The Morgan fingerprint density at radius 3 is 1.65 bits per heavy atom. The Balaban J connectivity index is 5.91. The van der Waals surface area contributed by atoms with E-state index in [0.29, 0.717) is 13.8 Å². The van der Waals surface area contributed by atoms with Crippen molar-refractivity contribution >= 4 is 20.5 Å². The molecule has 0 fully saturated rings. The van der Waals surface area contributed by atoms with Crippen molar-refractivity contribution in [1.29, 1.82) is 0 Å². The largest absolute Gasteiger partial charge is 0.542 e. The first-order valence-electron chi connectivity index (χ1n) is 6.31. The van der Waals surface area contributed by atoms with E-state index < -0.39 is 44.7 Å². The first-order chi connectivity index (χ1) is 10.1. The van der Waals surface area contributed by atoms with E-state index >= 15 is 0 Å². The Hall–Kier alpha value is -1.30. The van der Waals surface area contributed by atoms with Gasteiger partial charge in [0.25, 0.3) is 11.9 Å². The van der Waals surface area contributed by atoms with Crippen LogP contribution in [0.3, 0.4) is 0 Å². The monoisotopic (exact) mass is 370 g/mol. The van der Waals surface area contributed by atoms with Crippen molar-refractivity contribution < 1.29 is 49.5 Å². The lowest BCUT2D eigenvalue weighted by Crippen LogP contribution is -2.70. The van der Waals surface area contributed by atoms with Crippen LogP contribution >= 0.6 is 0 Å². The first kappa shape index (κ1) is 21.7. The van der Waals surface area contributed by atoms with E-state index in [1.807, 2.05) is 0 Å². The fourth-order valence-electron chi connectivity index (χ4n) is 1.49. The van der Waals surface area contributed by atoms with Crippen molar-refractivity contribution in [2.24, 2.45) is 0 Å². The van der Waals surface area contributed by atoms with Crippen LogP contribution in [0.25, 0.3) is 0 Å². The van der Waals surface area contributed by atoms with Crippen molar-refractivity contribution in [3.05, 3.63) is 0 Å². The lowest BCUT2D eigenvalue weighted by molar-refractivity contribution is -0.387. The number of hydrogen-bond donors (Lipinski definition) is 0. The third kappa shape index (κ3) is 4.37. The number of hydrogen-bond acceptors (Lipinski definition) is 5. The van der Waals surface area contributed by atoms with Crippen LogP contribution in [0.2, 0.25) is 6.55 Å². The smallest absolute Gasteiger partial charge is 0.482 e. The fourth-order valence-corrected chi connectivity index (χ4v) is 3.60. The van der Waals surface area contributed by atoms with Crippen molar-refractivity contribution in [1.82, 2.24) is 0 Å². The van der Waals surface area contributed by atoms with E-state index in [4.69, 9.17) is 0 Å². The molecule has 136 valence electrons. The highest BCUT2D eigenvalue weighted by atomic mass is 28.4. The minimum absolute atomic E-state index is 0.139. The number of ether oxygens (including phenoxy) is 1. The number of rotatable bonds is 8. The maximum atomic E-state index is 14.1. The zero-order valence-corrected chi connectivity index (χ0v) is 13.7. The average Bonchev–Trinajstić information content (AvgIpc) is 2.33. The van der Waals surface area contributed by atoms with Crippen molar-refractivity contribution in [3.8, 4) is 0 Å². The van der Waals surface area contributed by atoms with E-state index in [0.717, 1.165) is 0 Å². The van der Waals surface area contributed by atoms with Gasteiger partial charge in [-0.05, 0) is 6.42 Å². The predicted molar refractivity (Wildman–Crippen MR) is 66.2 cm³/mol. The van der Waals surface area contributed by atoms with Crippen molar-refractivity contribution in [2.75, 3.05) is 6.61 Å². The summed E-state index contributed by atoms with van der Waals surface area (Å²) in [7, 11) is -5.73. The summed E-state index contributed by atoms with van der Waals surface area (Å²) in [6, 6.07) is 0. The molecule has 0 bridgehead atoms. The molecule has 0 spiro atoms. The van der Waals surface area contributed by atoms with Crippen LogP contribution in [0.1, 0.15) is 27.2 Å². The Morgan fingerprint density at radius 1 is 0.957 bits per heavy atom. The molecular weight excluding hydrogens is 354 g/mol. The molecule has 23 heavy (non-hydrogen) atoms. The third-order valence-electron chi connectivity index (χ3n) is 2.49. The molecule has 0 amide bonds. The molecule has 0 aromatic carbocycles. The second-order valence-corrected chi connectivity index (χ2v) is 7.57. The van der Waals surface area contributed by atoms with Crippen LogP contribution in [-0.2, 0) is 23.2 Å². The second kappa shape index (κ2) is 7.07. The summed E-state index contributed by atoms with van der Waals surface area (Å²) in [5, 5.41) is 0. The summed E-state index contributed by atoms with van der Waals surface area (Å²) >= 11 is 0. The quantitative estimate of drug-likeness (QED) is 0.486. The third-order valence-corrected chi connectivity index (χ3v) is 5.30. The van der Waals surface area contributed by atoms with E-state index in [9.17, 15) is 35.9 Å². The van der Waals surface area contributed by atoms with Gasteiger partial charge in [-0.25, -0.2) is 0 Å². The molecule has 0 heterocycles. The summed E-state index contributed by atoms with van der Waals surface area (Å²) in [6.45, 7) is 1.74. The van der Waals surface area contributed by atoms with Gasteiger partial charge < -0.3 is 13.6 Å². The van der Waals surface area contributed by atoms with Gasteiger partial charge >= 0.3 is 26.1 Å². The Kier molecular flexibility index (Phi) is 6.67. The minimum Gasteiger partial charge on any atom is -0.482 e. The molecular formula is C11H16F6O5Si. The SMILES string of the molecule is CCCOC(F)(F)C(F)(F)C(F)(F)[Si](C)(OC(C)=O)OC(C)=O. The molecule has 12 heteroatoms. The predicted octanol–water partition coefficient (Wildman–Crippen LogP) is 3.01. The standard InChI is InChI=1S/C11H16F6O5Si/c1-5-6-20-10(14,15)9(12,13)11(16,17)23(4,21-7(2)18)22-8(3)19/h5-6H2,1-4H3. The molecule has 0 aliphatic rings. The van der Waals surface area contributed by atoms with Crippen molar-refractivity contribution in [3.63, 3.8) is 0 Å². The van der Waals surface area contributed by atoms with Gasteiger partial charge in [0.05, 0.1) is 6.61 Å². The molecule has 0 saturated heterocycles. The molecule has 0 saturated carbocycles. The lowest BCUT2D eigenvalue weighted by atomic mass is 10.3. The fraction of sp³-hybridized carbons (Fsp3) is 0.818. The zero-order valence-electron chi connectivity index (χ0n) is 12.7. The van der Waals surface area contributed by atoms with Gasteiger partial charge in [-0.3, -0.25) is 9.59 Å². The van der Waals surface area contributed by atoms with E-state index in [-0.39, 0.29) is 13.0 Å². The first-order valence-corrected chi connectivity index (χ1v) is 8.63. The Bertz CT molecular complexity index is 440. The van der Waals surface area contributed by atoms with Gasteiger partial charge in [-0.15, -0.1) is 0 Å². The maximum absolute atomic E-state index is 14.1. The summed E-state index contributed by atoms with van der Waals surface area (Å²) in [5.41, 5.74) is -5.66. The van der Waals surface area contributed by atoms with Gasteiger partial charge in [-0.1, -0.05) is 6.92 Å². The zero-order chi connectivity index (χ0) is 18.7. The lowest BCUT2D eigenvalue weighted by Gasteiger charge is -2.38. The summed E-state index contributed by atoms with van der Waals surface area (Å²) in [6.07, 6.45) is -5.71. The Labute approximate surface area is 129 Å². The molecule has 0 aliphatic heterocycles. The second-order valence-electron chi connectivity index (χ2n) is 4.65. The molecule has 0 aromatic rings. The average molecular weight is 370 g/mol. The molecule has 0 radical (unpaired) electrons. The van der Waals surface area contributed by atoms with Gasteiger partial charge in [0.1, 0.15) is 0 Å². The highest BCUT2D eigenvalue weighted by Gasteiger charge is 2.84. The summed E-state index contributed by atoms with van der Waals surface area (Å²) in [4.78, 5) is 21.7. The number of halogens is 6. The molecule has 0 aromatic heterocycles. The van der Waals surface area contributed by atoms with Gasteiger partial charge in [0.15, 0.2) is 0 Å². The molecule has 0 unspecified atom stereocenters. The number of alkyl halides is 6. The van der Waals surface area contributed by atoms with Gasteiger partial charge in [0.2, 0.25) is 0 Å². The molecule has 0 N–H and O–H groups in total.